The van der Waals surface area contributed by atoms with Crippen molar-refractivity contribution in [2.24, 2.45) is 0 Å². The Labute approximate surface area is 152 Å². The zero-order valence-electron chi connectivity index (χ0n) is 15.0. The monoisotopic (exact) mass is 359 g/mol. The molecule has 0 unspecified atom stereocenters. The topological polar surface area (TPSA) is 93.3 Å². The molecule has 2 aromatic rings. The van der Waals surface area contributed by atoms with E-state index in [4.69, 9.17) is 5.11 Å². The minimum Gasteiger partial charge on any atom is -0.480 e. The number of rotatable bonds is 7. The largest absolute Gasteiger partial charge is 0.480 e. The van der Waals surface area contributed by atoms with Crippen molar-refractivity contribution in [3.63, 3.8) is 0 Å². The molecular formula is C18H25N5O3. The summed E-state index contributed by atoms with van der Waals surface area (Å²) in [7, 11) is 0. The van der Waals surface area contributed by atoms with Crippen LogP contribution in [-0.4, -0.2) is 54.3 Å². The van der Waals surface area contributed by atoms with Crippen LogP contribution in [0, 0.1) is 0 Å². The molecule has 0 radical (unpaired) electrons. The van der Waals surface area contributed by atoms with Crippen molar-refractivity contribution in [1.82, 2.24) is 24.2 Å². The molecule has 3 heterocycles. The van der Waals surface area contributed by atoms with Gasteiger partial charge in [-0.1, -0.05) is 6.92 Å². The summed E-state index contributed by atoms with van der Waals surface area (Å²) in [6, 6.07) is 1.86. The van der Waals surface area contributed by atoms with E-state index in [1.165, 1.54) is 4.68 Å². The van der Waals surface area contributed by atoms with E-state index in [9.17, 15) is 9.59 Å². The van der Waals surface area contributed by atoms with Crippen LogP contribution in [-0.2, 0) is 29.1 Å². The summed E-state index contributed by atoms with van der Waals surface area (Å²) < 4.78 is 3.56. The number of carboxylic acids is 1. The quantitative estimate of drug-likeness (QED) is 0.809. The molecule has 8 heteroatoms. The number of aryl methyl sites for hydroxylation is 2. The molecule has 8 nitrogen and oxygen atoms in total. The van der Waals surface area contributed by atoms with E-state index in [1.54, 1.807) is 12.4 Å². The molecule has 1 atom stereocenters. The molecule has 3 rings (SSSR count). The van der Waals surface area contributed by atoms with Gasteiger partial charge in [0, 0.05) is 62.7 Å². The Bertz CT molecular complexity index is 766. The van der Waals surface area contributed by atoms with Gasteiger partial charge in [0.1, 0.15) is 12.4 Å². The van der Waals surface area contributed by atoms with Crippen LogP contribution in [0.2, 0.25) is 0 Å². The lowest BCUT2D eigenvalue weighted by Crippen LogP contribution is -2.40. The third kappa shape index (κ3) is 4.12. The Kier molecular flexibility index (Phi) is 5.70. The second kappa shape index (κ2) is 8.16. The maximum absolute atomic E-state index is 12.6. The molecule has 1 aliphatic rings. The first-order valence-electron chi connectivity index (χ1n) is 9.09. The smallest absolute Gasteiger partial charge is 0.325 e. The van der Waals surface area contributed by atoms with Gasteiger partial charge in [0.2, 0.25) is 5.91 Å². The fraction of sp³-hybridized carbons (Fsp3) is 0.556. The molecule has 0 aliphatic carbocycles. The van der Waals surface area contributed by atoms with Gasteiger partial charge in [0.15, 0.2) is 0 Å². The Morgan fingerprint density at radius 2 is 2.19 bits per heavy atom. The van der Waals surface area contributed by atoms with Crippen LogP contribution in [0.25, 0.3) is 0 Å². The van der Waals surface area contributed by atoms with Gasteiger partial charge >= 0.3 is 5.97 Å². The van der Waals surface area contributed by atoms with Crippen LogP contribution in [0.4, 0.5) is 0 Å². The molecule has 140 valence electrons. The number of carbonyl (C=O) groups excluding carboxylic acids is 1. The van der Waals surface area contributed by atoms with Crippen molar-refractivity contribution in [2.45, 2.75) is 51.6 Å². The second-order valence-electron chi connectivity index (χ2n) is 6.63. The minimum absolute atomic E-state index is 0.133. The lowest BCUT2D eigenvalue weighted by atomic mass is 9.94. The van der Waals surface area contributed by atoms with Gasteiger partial charge in [-0.05, 0) is 18.9 Å². The molecule has 0 aromatic carbocycles. The number of hydrogen-bond acceptors (Lipinski definition) is 4. The molecule has 1 fully saturated rings. The number of imidazole rings is 1. The summed E-state index contributed by atoms with van der Waals surface area (Å²) in [5.74, 6) is 0.349. The highest BCUT2D eigenvalue weighted by Gasteiger charge is 2.27. The van der Waals surface area contributed by atoms with Crippen molar-refractivity contribution in [3.05, 3.63) is 36.2 Å². The van der Waals surface area contributed by atoms with Gasteiger partial charge < -0.3 is 14.6 Å². The number of likely N-dealkylation sites (tertiary alicyclic amines) is 1. The number of carbonyl (C=O) groups is 2. The highest BCUT2D eigenvalue weighted by atomic mass is 16.4. The fourth-order valence-electron chi connectivity index (χ4n) is 3.63. The van der Waals surface area contributed by atoms with Gasteiger partial charge in [-0.2, -0.15) is 5.10 Å². The molecule has 1 saturated heterocycles. The Morgan fingerprint density at radius 3 is 2.96 bits per heavy atom. The summed E-state index contributed by atoms with van der Waals surface area (Å²) in [6.07, 6.45) is 8.46. The predicted octanol–water partition coefficient (Wildman–Crippen LogP) is 1.52. The predicted molar refractivity (Wildman–Crippen MR) is 94.6 cm³/mol. The molecule has 0 saturated carbocycles. The van der Waals surface area contributed by atoms with E-state index in [-0.39, 0.29) is 18.4 Å². The zero-order valence-corrected chi connectivity index (χ0v) is 15.0. The normalized spacial score (nSPS) is 17.4. The molecular weight excluding hydrogens is 334 g/mol. The van der Waals surface area contributed by atoms with Crippen molar-refractivity contribution in [3.8, 4) is 0 Å². The molecule has 2 aromatic heterocycles. The number of nitrogens with zero attached hydrogens (tertiary/aromatic N) is 5. The standard InChI is InChI=1S/C18H25N5O3/c1-2-16-19-8-11-21(16)10-6-17(24)22-9-3-4-14(12-22)15-5-7-20-23(15)13-18(25)26/h5,7-8,11,14H,2-4,6,9-10,12-13H2,1H3,(H,25,26)/t14-/m1/s1. The van der Waals surface area contributed by atoms with E-state index in [2.05, 4.69) is 17.0 Å². The van der Waals surface area contributed by atoms with Gasteiger partial charge in [0.25, 0.3) is 0 Å². The average molecular weight is 359 g/mol. The van der Waals surface area contributed by atoms with Crippen molar-refractivity contribution in [2.75, 3.05) is 13.1 Å². The molecule has 1 aliphatic heterocycles. The highest BCUT2D eigenvalue weighted by molar-refractivity contribution is 5.76. The third-order valence-corrected chi connectivity index (χ3v) is 4.91. The van der Waals surface area contributed by atoms with Crippen molar-refractivity contribution < 1.29 is 14.7 Å². The van der Waals surface area contributed by atoms with Crippen LogP contribution in [0.15, 0.2) is 24.7 Å². The number of piperidine rings is 1. The van der Waals surface area contributed by atoms with Crippen LogP contribution in [0.5, 0.6) is 0 Å². The summed E-state index contributed by atoms with van der Waals surface area (Å²) in [4.78, 5) is 29.8. The lowest BCUT2D eigenvalue weighted by Gasteiger charge is -2.33. The number of aromatic nitrogens is 4. The van der Waals surface area contributed by atoms with Crippen LogP contribution < -0.4 is 0 Å². The first-order valence-corrected chi connectivity index (χ1v) is 9.09. The number of amides is 1. The van der Waals surface area contributed by atoms with Crippen LogP contribution >= 0.6 is 0 Å². The van der Waals surface area contributed by atoms with Crippen LogP contribution in [0.1, 0.15) is 43.6 Å². The Balaban J connectivity index is 1.60. The second-order valence-corrected chi connectivity index (χ2v) is 6.63. The maximum atomic E-state index is 12.6. The summed E-state index contributed by atoms with van der Waals surface area (Å²) in [5, 5.41) is 13.1. The summed E-state index contributed by atoms with van der Waals surface area (Å²) in [6.45, 7) is 3.92. The third-order valence-electron chi connectivity index (χ3n) is 4.91. The van der Waals surface area contributed by atoms with Gasteiger partial charge in [-0.3, -0.25) is 14.3 Å². The minimum atomic E-state index is -0.911. The fourth-order valence-corrected chi connectivity index (χ4v) is 3.63. The number of carboxylic acid groups (broad SMARTS) is 1. The van der Waals surface area contributed by atoms with E-state index >= 15 is 0 Å². The first kappa shape index (κ1) is 18.2. The Hall–Kier alpha value is -2.64. The molecule has 0 bridgehead atoms. The first-order chi connectivity index (χ1) is 12.6. The van der Waals surface area contributed by atoms with E-state index in [0.717, 1.165) is 37.3 Å². The molecule has 1 amide bonds. The molecule has 1 N–H and O–H groups in total. The van der Waals surface area contributed by atoms with Gasteiger partial charge in [-0.15, -0.1) is 0 Å². The van der Waals surface area contributed by atoms with E-state index < -0.39 is 5.97 Å². The molecule has 0 spiro atoms. The van der Waals surface area contributed by atoms with Crippen molar-refractivity contribution in [1.29, 1.82) is 0 Å². The summed E-state index contributed by atoms with van der Waals surface area (Å²) >= 11 is 0. The number of hydrogen-bond donors (Lipinski definition) is 1. The van der Waals surface area contributed by atoms with Gasteiger partial charge in [0.05, 0.1) is 0 Å². The van der Waals surface area contributed by atoms with Gasteiger partial charge in [-0.25, -0.2) is 4.98 Å². The zero-order chi connectivity index (χ0) is 18.5. The highest BCUT2D eigenvalue weighted by Crippen LogP contribution is 2.27. The number of aliphatic carboxylic acids is 1. The SMILES string of the molecule is CCc1nccn1CCC(=O)N1CCC[C@@H](c2ccnn2CC(=O)O)C1. The average Bonchev–Trinajstić information content (AvgIpc) is 3.28. The maximum Gasteiger partial charge on any atom is 0.325 e. The van der Waals surface area contributed by atoms with Crippen LogP contribution in [0.3, 0.4) is 0 Å². The lowest BCUT2D eigenvalue weighted by molar-refractivity contribution is -0.138. The van der Waals surface area contributed by atoms with E-state index in [1.807, 2.05) is 21.7 Å². The Morgan fingerprint density at radius 1 is 1.35 bits per heavy atom. The molecule has 26 heavy (non-hydrogen) atoms. The summed E-state index contributed by atoms with van der Waals surface area (Å²) in [5.41, 5.74) is 0.896. The van der Waals surface area contributed by atoms with E-state index in [0.29, 0.717) is 19.5 Å². The van der Waals surface area contributed by atoms with Crippen molar-refractivity contribution >= 4 is 11.9 Å².